The number of ether oxygens (including phenoxy) is 3. The summed E-state index contributed by atoms with van der Waals surface area (Å²) in [4.78, 5) is 15.1. The normalized spacial score (nSPS) is 14.9. The Hall–Kier alpha value is -2.35. The number of rotatable bonds is 7. The first-order chi connectivity index (χ1) is 14.0. The SMILES string of the molecule is COc1cc(OC)c(C(=O)/C=C/c2ccccc2Br)c(O)c1CN1CCOCC1. The third-order valence-electron chi connectivity index (χ3n) is 4.82. The van der Waals surface area contributed by atoms with E-state index in [9.17, 15) is 9.90 Å². The molecule has 0 spiro atoms. The Morgan fingerprint density at radius 3 is 2.55 bits per heavy atom. The minimum absolute atomic E-state index is 0.116. The summed E-state index contributed by atoms with van der Waals surface area (Å²) in [7, 11) is 3.00. The van der Waals surface area contributed by atoms with E-state index in [4.69, 9.17) is 14.2 Å². The number of phenols is 1. The van der Waals surface area contributed by atoms with E-state index in [2.05, 4.69) is 20.8 Å². The van der Waals surface area contributed by atoms with E-state index < -0.39 is 0 Å². The maximum Gasteiger partial charge on any atom is 0.193 e. The van der Waals surface area contributed by atoms with Crippen LogP contribution in [0.3, 0.4) is 0 Å². The lowest BCUT2D eigenvalue weighted by molar-refractivity contribution is 0.0335. The molecule has 29 heavy (non-hydrogen) atoms. The molecular formula is C22H24BrNO5. The highest BCUT2D eigenvalue weighted by Gasteiger charge is 2.25. The highest BCUT2D eigenvalue weighted by molar-refractivity contribution is 9.10. The molecule has 1 aliphatic rings. The Bertz CT molecular complexity index is 906. The van der Waals surface area contributed by atoms with Crippen molar-refractivity contribution in [1.29, 1.82) is 0 Å². The highest BCUT2D eigenvalue weighted by atomic mass is 79.9. The van der Waals surface area contributed by atoms with E-state index in [1.165, 1.54) is 20.3 Å². The van der Waals surface area contributed by atoms with Crippen LogP contribution in [0.15, 0.2) is 40.9 Å². The van der Waals surface area contributed by atoms with E-state index in [0.29, 0.717) is 31.1 Å². The van der Waals surface area contributed by atoms with Crippen molar-refractivity contribution in [3.63, 3.8) is 0 Å². The van der Waals surface area contributed by atoms with Gasteiger partial charge in [0.15, 0.2) is 5.78 Å². The molecule has 1 aliphatic heterocycles. The van der Waals surface area contributed by atoms with Crippen molar-refractivity contribution >= 4 is 27.8 Å². The number of morpholine rings is 1. The van der Waals surface area contributed by atoms with Crippen LogP contribution in [-0.4, -0.2) is 56.3 Å². The molecule has 154 valence electrons. The molecule has 1 saturated heterocycles. The zero-order valence-electron chi connectivity index (χ0n) is 16.5. The summed E-state index contributed by atoms with van der Waals surface area (Å²) >= 11 is 3.46. The van der Waals surface area contributed by atoms with Crippen LogP contribution in [0.25, 0.3) is 6.08 Å². The second-order valence-corrected chi connectivity index (χ2v) is 7.45. The minimum Gasteiger partial charge on any atom is -0.507 e. The van der Waals surface area contributed by atoms with Gasteiger partial charge in [-0.2, -0.15) is 0 Å². The van der Waals surface area contributed by atoms with Gasteiger partial charge in [-0.25, -0.2) is 0 Å². The number of carbonyl (C=O) groups excluding carboxylic acids is 1. The molecule has 2 aromatic rings. The van der Waals surface area contributed by atoms with Gasteiger partial charge >= 0.3 is 0 Å². The van der Waals surface area contributed by atoms with Crippen molar-refractivity contribution in [1.82, 2.24) is 4.90 Å². The number of allylic oxidation sites excluding steroid dienone is 1. The van der Waals surface area contributed by atoms with Crippen molar-refractivity contribution < 1.29 is 24.1 Å². The van der Waals surface area contributed by atoms with E-state index in [0.717, 1.165) is 23.1 Å². The average Bonchev–Trinajstić information content (AvgIpc) is 2.74. The molecule has 1 N–H and O–H groups in total. The number of hydrogen-bond acceptors (Lipinski definition) is 6. The topological polar surface area (TPSA) is 68.2 Å². The molecule has 0 aliphatic carbocycles. The molecule has 7 heteroatoms. The van der Waals surface area contributed by atoms with Crippen molar-refractivity contribution in [3.8, 4) is 17.2 Å². The molecule has 1 fully saturated rings. The van der Waals surface area contributed by atoms with Crippen molar-refractivity contribution in [3.05, 3.63) is 57.6 Å². The van der Waals surface area contributed by atoms with E-state index >= 15 is 0 Å². The third kappa shape index (κ3) is 4.98. The number of phenolic OH excluding ortho intramolecular Hbond substituents is 1. The van der Waals surface area contributed by atoms with Crippen molar-refractivity contribution in [2.75, 3.05) is 40.5 Å². The largest absolute Gasteiger partial charge is 0.507 e. The van der Waals surface area contributed by atoms with E-state index in [1.807, 2.05) is 24.3 Å². The molecule has 6 nitrogen and oxygen atoms in total. The number of benzene rings is 2. The lowest BCUT2D eigenvalue weighted by atomic mass is 10.0. The first-order valence-corrected chi connectivity index (χ1v) is 10.1. The zero-order valence-corrected chi connectivity index (χ0v) is 18.1. The fourth-order valence-electron chi connectivity index (χ4n) is 3.24. The van der Waals surface area contributed by atoms with Gasteiger partial charge in [0, 0.05) is 30.2 Å². The summed E-state index contributed by atoms with van der Waals surface area (Å²) in [5.74, 6) is 0.291. The fourth-order valence-corrected chi connectivity index (χ4v) is 3.66. The summed E-state index contributed by atoms with van der Waals surface area (Å²) in [6, 6.07) is 9.23. The Kier molecular flexibility index (Phi) is 7.30. The Morgan fingerprint density at radius 2 is 1.90 bits per heavy atom. The van der Waals surface area contributed by atoms with Crippen LogP contribution in [0, 0.1) is 0 Å². The number of aromatic hydroxyl groups is 1. The van der Waals surface area contributed by atoms with Gasteiger partial charge in [0.2, 0.25) is 0 Å². The average molecular weight is 462 g/mol. The van der Waals surface area contributed by atoms with Crippen LogP contribution in [0.2, 0.25) is 0 Å². The Morgan fingerprint density at radius 1 is 1.21 bits per heavy atom. The van der Waals surface area contributed by atoms with Crippen LogP contribution in [0.5, 0.6) is 17.2 Å². The predicted octanol–water partition coefficient (Wildman–Crippen LogP) is 3.90. The quantitative estimate of drug-likeness (QED) is 0.498. The van der Waals surface area contributed by atoms with Crippen LogP contribution in [0.4, 0.5) is 0 Å². The van der Waals surface area contributed by atoms with Gasteiger partial charge in [-0.3, -0.25) is 9.69 Å². The van der Waals surface area contributed by atoms with Crippen molar-refractivity contribution in [2.45, 2.75) is 6.54 Å². The highest BCUT2D eigenvalue weighted by Crippen LogP contribution is 2.40. The van der Waals surface area contributed by atoms with E-state index in [-0.39, 0.29) is 22.8 Å². The second kappa shape index (κ2) is 9.91. The van der Waals surface area contributed by atoms with Crippen LogP contribution in [0.1, 0.15) is 21.5 Å². The summed E-state index contributed by atoms with van der Waals surface area (Å²) in [5, 5.41) is 11.0. The number of nitrogens with zero attached hydrogens (tertiary/aromatic N) is 1. The predicted molar refractivity (Wildman–Crippen MR) is 115 cm³/mol. The number of ketones is 1. The first kappa shape index (κ1) is 21.4. The first-order valence-electron chi connectivity index (χ1n) is 9.29. The van der Waals surface area contributed by atoms with Gasteiger partial charge in [-0.05, 0) is 23.8 Å². The van der Waals surface area contributed by atoms with Gasteiger partial charge in [-0.1, -0.05) is 34.1 Å². The summed E-state index contributed by atoms with van der Waals surface area (Å²) < 4.78 is 17.1. The maximum absolute atomic E-state index is 13.0. The molecule has 0 radical (unpaired) electrons. The maximum atomic E-state index is 13.0. The van der Waals surface area contributed by atoms with E-state index in [1.54, 1.807) is 12.1 Å². The summed E-state index contributed by atoms with van der Waals surface area (Å²) in [6.45, 7) is 3.23. The zero-order chi connectivity index (χ0) is 20.8. The molecule has 2 aromatic carbocycles. The molecule has 0 saturated carbocycles. The number of hydrogen-bond donors (Lipinski definition) is 1. The monoisotopic (exact) mass is 461 g/mol. The molecule has 3 rings (SSSR count). The Labute approximate surface area is 178 Å². The van der Waals surface area contributed by atoms with Gasteiger partial charge in [0.25, 0.3) is 0 Å². The molecule has 0 atom stereocenters. The molecule has 0 aromatic heterocycles. The lowest BCUT2D eigenvalue weighted by Crippen LogP contribution is -2.35. The number of halogens is 1. The fraction of sp³-hybridized carbons (Fsp3) is 0.318. The Balaban J connectivity index is 1.96. The number of methoxy groups -OCH3 is 2. The third-order valence-corrected chi connectivity index (χ3v) is 5.54. The minimum atomic E-state index is -0.346. The standard InChI is InChI=1S/C22H24BrNO5/c1-27-19-13-20(28-2)21(18(25)8-7-15-5-3-4-6-17(15)23)22(26)16(19)14-24-9-11-29-12-10-24/h3-8,13,26H,9-12,14H2,1-2H3/b8-7+. The lowest BCUT2D eigenvalue weighted by Gasteiger charge is -2.28. The molecule has 0 bridgehead atoms. The summed E-state index contributed by atoms with van der Waals surface area (Å²) in [5.41, 5.74) is 1.55. The van der Waals surface area contributed by atoms with Gasteiger partial charge in [-0.15, -0.1) is 0 Å². The number of carbonyl (C=O) groups is 1. The molecule has 0 unspecified atom stereocenters. The smallest absolute Gasteiger partial charge is 0.193 e. The molecular weight excluding hydrogens is 438 g/mol. The van der Waals surface area contributed by atoms with Gasteiger partial charge < -0.3 is 19.3 Å². The van der Waals surface area contributed by atoms with Crippen LogP contribution < -0.4 is 9.47 Å². The van der Waals surface area contributed by atoms with Crippen molar-refractivity contribution in [2.24, 2.45) is 0 Å². The molecule has 0 amide bonds. The van der Waals surface area contributed by atoms with Gasteiger partial charge in [0.1, 0.15) is 22.8 Å². The van der Waals surface area contributed by atoms with Crippen LogP contribution in [-0.2, 0) is 11.3 Å². The summed E-state index contributed by atoms with van der Waals surface area (Å²) in [6.07, 6.45) is 3.14. The van der Waals surface area contributed by atoms with Crippen LogP contribution >= 0.6 is 15.9 Å². The molecule has 1 heterocycles. The second-order valence-electron chi connectivity index (χ2n) is 6.59. The van der Waals surface area contributed by atoms with Gasteiger partial charge in [0.05, 0.1) is 33.0 Å².